The predicted octanol–water partition coefficient (Wildman–Crippen LogP) is 2.65. The summed E-state index contributed by atoms with van der Waals surface area (Å²) in [7, 11) is 2.03. The standard InChI is InChI=1S/C18H28N4O2/c1-13(2)21(3)16-8-4-7-15(11-16)20-18(24)22-9-5-6-14(12-22)10-17(19)23/h4,7-8,11,13-14H,5-6,9-10,12H2,1-3H3,(H2,19,23)(H,20,24). The van der Waals surface area contributed by atoms with Gasteiger partial charge in [0.15, 0.2) is 0 Å². The Morgan fingerprint density at radius 2 is 2.17 bits per heavy atom. The molecule has 1 heterocycles. The van der Waals surface area contributed by atoms with Gasteiger partial charge in [0.25, 0.3) is 0 Å². The van der Waals surface area contributed by atoms with Gasteiger partial charge in [-0.15, -0.1) is 0 Å². The van der Waals surface area contributed by atoms with Crippen LogP contribution in [0.3, 0.4) is 0 Å². The summed E-state index contributed by atoms with van der Waals surface area (Å²) >= 11 is 0. The molecule has 0 saturated carbocycles. The lowest BCUT2D eigenvalue weighted by Crippen LogP contribution is -2.43. The molecule has 1 aromatic rings. The molecule has 0 spiro atoms. The van der Waals surface area contributed by atoms with Crippen LogP contribution in [-0.4, -0.2) is 43.0 Å². The van der Waals surface area contributed by atoms with Crippen LogP contribution in [0.25, 0.3) is 0 Å². The number of piperidine rings is 1. The van der Waals surface area contributed by atoms with Crippen molar-refractivity contribution in [1.29, 1.82) is 0 Å². The third-order valence-corrected chi connectivity index (χ3v) is 4.58. The summed E-state index contributed by atoms with van der Waals surface area (Å²) in [5.74, 6) is -0.132. The highest BCUT2D eigenvalue weighted by atomic mass is 16.2. The molecule has 1 unspecified atom stereocenters. The Morgan fingerprint density at radius 3 is 2.83 bits per heavy atom. The van der Waals surface area contributed by atoms with Gasteiger partial charge in [-0.1, -0.05) is 6.07 Å². The molecule has 0 bridgehead atoms. The lowest BCUT2D eigenvalue weighted by molar-refractivity contribution is -0.119. The van der Waals surface area contributed by atoms with Gasteiger partial charge in [-0.05, 0) is 50.8 Å². The minimum absolute atomic E-state index is 0.117. The Hall–Kier alpha value is -2.24. The van der Waals surface area contributed by atoms with Gasteiger partial charge in [-0.2, -0.15) is 0 Å². The van der Waals surface area contributed by atoms with E-state index in [1.165, 1.54) is 0 Å². The van der Waals surface area contributed by atoms with Crippen molar-refractivity contribution in [3.8, 4) is 0 Å². The number of urea groups is 1. The summed E-state index contributed by atoms with van der Waals surface area (Å²) in [6, 6.07) is 8.10. The summed E-state index contributed by atoms with van der Waals surface area (Å²) in [4.78, 5) is 27.5. The zero-order chi connectivity index (χ0) is 17.7. The Kier molecular flexibility index (Phi) is 6.06. The van der Waals surface area contributed by atoms with Gasteiger partial charge in [0.1, 0.15) is 0 Å². The van der Waals surface area contributed by atoms with E-state index in [2.05, 4.69) is 24.1 Å². The fraction of sp³-hybridized carbons (Fsp3) is 0.556. The Balaban J connectivity index is 1.99. The van der Waals surface area contributed by atoms with E-state index in [1.54, 1.807) is 4.90 Å². The van der Waals surface area contributed by atoms with E-state index in [0.29, 0.717) is 25.6 Å². The van der Waals surface area contributed by atoms with Gasteiger partial charge in [0.05, 0.1) is 0 Å². The monoisotopic (exact) mass is 332 g/mol. The average Bonchev–Trinajstić information content (AvgIpc) is 2.54. The molecular formula is C18H28N4O2. The van der Waals surface area contributed by atoms with E-state index >= 15 is 0 Å². The molecule has 1 aromatic carbocycles. The second-order valence-corrected chi connectivity index (χ2v) is 6.81. The smallest absolute Gasteiger partial charge is 0.321 e. The number of nitrogens with one attached hydrogen (secondary N) is 1. The Bertz CT molecular complexity index is 588. The molecule has 24 heavy (non-hydrogen) atoms. The first-order chi connectivity index (χ1) is 11.4. The molecule has 0 radical (unpaired) electrons. The number of nitrogens with zero attached hydrogens (tertiary/aromatic N) is 2. The van der Waals surface area contributed by atoms with E-state index in [0.717, 1.165) is 24.2 Å². The van der Waals surface area contributed by atoms with E-state index in [1.807, 2.05) is 31.3 Å². The molecule has 6 heteroatoms. The Labute approximate surface area is 144 Å². The summed E-state index contributed by atoms with van der Waals surface area (Å²) in [6.07, 6.45) is 2.20. The molecule has 3 amide bonds. The van der Waals surface area contributed by atoms with Crippen LogP contribution in [0.1, 0.15) is 33.1 Å². The first kappa shape index (κ1) is 18.1. The van der Waals surface area contributed by atoms with Gasteiger partial charge >= 0.3 is 6.03 Å². The fourth-order valence-corrected chi connectivity index (χ4v) is 3.00. The SMILES string of the molecule is CC(C)N(C)c1cccc(NC(=O)N2CCCC(CC(N)=O)C2)c1. The molecule has 132 valence electrons. The third-order valence-electron chi connectivity index (χ3n) is 4.58. The molecule has 1 aliphatic heterocycles. The van der Waals surface area contributed by atoms with Crippen LogP contribution in [-0.2, 0) is 4.79 Å². The van der Waals surface area contributed by atoms with Crippen molar-refractivity contribution >= 4 is 23.3 Å². The van der Waals surface area contributed by atoms with Crippen molar-refractivity contribution in [2.45, 2.75) is 39.2 Å². The number of likely N-dealkylation sites (tertiary alicyclic amines) is 1. The average molecular weight is 332 g/mol. The highest BCUT2D eigenvalue weighted by Gasteiger charge is 2.24. The van der Waals surface area contributed by atoms with Crippen LogP contribution in [0.4, 0.5) is 16.2 Å². The summed E-state index contributed by atoms with van der Waals surface area (Å²) in [5.41, 5.74) is 7.12. The van der Waals surface area contributed by atoms with Gasteiger partial charge in [-0.3, -0.25) is 4.79 Å². The number of carbonyl (C=O) groups is 2. The second kappa shape index (κ2) is 8.04. The summed E-state index contributed by atoms with van der Waals surface area (Å²) in [5, 5.41) is 2.96. The third kappa shape index (κ3) is 4.88. The number of carbonyl (C=O) groups excluding carboxylic acids is 2. The van der Waals surface area contributed by atoms with Crippen molar-refractivity contribution < 1.29 is 9.59 Å². The molecule has 1 saturated heterocycles. The Morgan fingerprint density at radius 1 is 1.42 bits per heavy atom. The van der Waals surface area contributed by atoms with Crippen molar-refractivity contribution in [2.24, 2.45) is 11.7 Å². The maximum atomic E-state index is 12.5. The van der Waals surface area contributed by atoms with Crippen LogP contribution in [0.15, 0.2) is 24.3 Å². The van der Waals surface area contributed by atoms with E-state index in [4.69, 9.17) is 5.73 Å². The summed E-state index contributed by atoms with van der Waals surface area (Å²) in [6.45, 7) is 5.54. The maximum Gasteiger partial charge on any atom is 0.321 e. The number of rotatable bonds is 5. The number of hydrogen-bond acceptors (Lipinski definition) is 3. The topological polar surface area (TPSA) is 78.7 Å². The molecule has 1 aliphatic rings. The van der Waals surface area contributed by atoms with E-state index < -0.39 is 0 Å². The van der Waals surface area contributed by atoms with E-state index in [-0.39, 0.29) is 17.9 Å². The first-order valence-corrected chi connectivity index (χ1v) is 8.54. The normalized spacial score (nSPS) is 17.7. The van der Waals surface area contributed by atoms with Crippen LogP contribution in [0.2, 0.25) is 0 Å². The van der Waals surface area contributed by atoms with Crippen molar-refractivity contribution in [3.05, 3.63) is 24.3 Å². The predicted molar refractivity (Wildman–Crippen MR) is 97.1 cm³/mol. The van der Waals surface area contributed by atoms with Crippen LogP contribution in [0.5, 0.6) is 0 Å². The number of amides is 3. The number of benzene rings is 1. The van der Waals surface area contributed by atoms with Gasteiger partial charge in [-0.25, -0.2) is 4.79 Å². The molecule has 6 nitrogen and oxygen atoms in total. The van der Waals surface area contributed by atoms with Crippen molar-refractivity contribution in [2.75, 3.05) is 30.4 Å². The lowest BCUT2D eigenvalue weighted by atomic mass is 9.95. The molecule has 0 aromatic heterocycles. The number of hydrogen-bond donors (Lipinski definition) is 2. The van der Waals surface area contributed by atoms with Crippen LogP contribution in [0, 0.1) is 5.92 Å². The highest BCUT2D eigenvalue weighted by molar-refractivity contribution is 5.90. The molecular weight excluding hydrogens is 304 g/mol. The minimum Gasteiger partial charge on any atom is -0.372 e. The molecule has 0 aliphatic carbocycles. The first-order valence-electron chi connectivity index (χ1n) is 8.54. The number of nitrogens with two attached hydrogens (primary N) is 1. The molecule has 3 N–H and O–H groups in total. The van der Waals surface area contributed by atoms with Gasteiger partial charge < -0.3 is 20.9 Å². The van der Waals surface area contributed by atoms with Crippen molar-refractivity contribution in [3.63, 3.8) is 0 Å². The van der Waals surface area contributed by atoms with Gasteiger partial charge in [0, 0.05) is 44.0 Å². The zero-order valence-electron chi connectivity index (χ0n) is 14.8. The number of anilines is 2. The zero-order valence-corrected chi connectivity index (χ0v) is 14.8. The number of primary amides is 1. The highest BCUT2D eigenvalue weighted by Crippen LogP contribution is 2.22. The molecule has 1 atom stereocenters. The maximum absolute atomic E-state index is 12.5. The van der Waals surface area contributed by atoms with Gasteiger partial charge in [0.2, 0.25) is 5.91 Å². The quantitative estimate of drug-likeness (QED) is 0.870. The second-order valence-electron chi connectivity index (χ2n) is 6.81. The van der Waals surface area contributed by atoms with Crippen molar-refractivity contribution in [1.82, 2.24) is 4.90 Å². The van der Waals surface area contributed by atoms with E-state index in [9.17, 15) is 9.59 Å². The van der Waals surface area contributed by atoms with Crippen LogP contribution >= 0.6 is 0 Å². The molecule has 1 fully saturated rings. The molecule has 2 rings (SSSR count). The lowest BCUT2D eigenvalue weighted by Gasteiger charge is -2.32. The largest absolute Gasteiger partial charge is 0.372 e. The summed E-state index contributed by atoms with van der Waals surface area (Å²) < 4.78 is 0. The van der Waals surface area contributed by atoms with Crippen LogP contribution < -0.4 is 16.0 Å². The fourth-order valence-electron chi connectivity index (χ4n) is 3.00. The minimum atomic E-state index is -0.299.